The van der Waals surface area contributed by atoms with Crippen LogP contribution < -0.4 is 4.72 Å². The zero-order valence-electron chi connectivity index (χ0n) is 14.1. The Kier molecular flexibility index (Phi) is 4.77. The first-order chi connectivity index (χ1) is 12.4. The van der Waals surface area contributed by atoms with Crippen molar-refractivity contribution in [2.75, 3.05) is 4.72 Å². The number of nitrogens with one attached hydrogen (secondary N) is 2. The van der Waals surface area contributed by atoms with Crippen molar-refractivity contribution in [1.29, 1.82) is 5.41 Å². The fourth-order valence-corrected chi connectivity index (χ4v) is 3.62. The van der Waals surface area contributed by atoms with Crippen LogP contribution in [0.1, 0.15) is 16.7 Å². The van der Waals surface area contributed by atoms with Crippen molar-refractivity contribution in [1.82, 2.24) is 0 Å². The largest absolute Gasteiger partial charge is 0.507 e. The smallest absolute Gasteiger partial charge is 0.261 e. The number of benzene rings is 3. The molecule has 0 saturated carbocycles. The zero-order valence-corrected chi connectivity index (χ0v) is 14.9. The summed E-state index contributed by atoms with van der Waals surface area (Å²) in [4.78, 5) is 0.145. The topological polar surface area (TPSA) is 90.3 Å². The van der Waals surface area contributed by atoms with Crippen molar-refractivity contribution in [3.8, 4) is 5.75 Å². The normalized spacial score (nSPS) is 11.1. The molecule has 0 unspecified atom stereocenters. The minimum atomic E-state index is -3.79. The number of aryl methyl sites for hydroxylation is 1. The number of rotatable bonds is 5. The van der Waals surface area contributed by atoms with Crippen molar-refractivity contribution in [3.63, 3.8) is 0 Å². The lowest BCUT2D eigenvalue weighted by atomic mass is 10.0. The molecule has 0 fully saturated rings. The summed E-state index contributed by atoms with van der Waals surface area (Å²) in [5.74, 6) is -0.0336. The lowest BCUT2D eigenvalue weighted by Gasteiger charge is -2.14. The van der Waals surface area contributed by atoms with Gasteiger partial charge in [-0.25, -0.2) is 8.42 Å². The van der Waals surface area contributed by atoms with E-state index in [1.54, 1.807) is 54.6 Å². The maximum Gasteiger partial charge on any atom is 0.261 e. The fourth-order valence-electron chi connectivity index (χ4n) is 2.54. The van der Waals surface area contributed by atoms with E-state index < -0.39 is 10.0 Å². The number of phenols is 1. The second kappa shape index (κ2) is 7.01. The van der Waals surface area contributed by atoms with Crippen LogP contribution >= 0.6 is 0 Å². The molecule has 0 aliphatic rings. The fraction of sp³-hybridized carbons (Fsp3) is 0.0500. The summed E-state index contributed by atoms with van der Waals surface area (Å²) in [5.41, 5.74) is 1.98. The molecular weight excluding hydrogens is 348 g/mol. The highest BCUT2D eigenvalue weighted by Crippen LogP contribution is 2.26. The zero-order chi connectivity index (χ0) is 18.7. The Hall–Kier alpha value is -3.12. The van der Waals surface area contributed by atoms with Crippen molar-refractivity contribution in [2.45, 2.75) is 11.8 Å². The molecule has 3 aromatic carbocycles. The number of anilines is 1. The predicted octanol–water partition coefficient (Wildman–Crippen LogP) is 3.92. The van der Waals surface area contributed by atoms with E-state index in [9.17, 15) is 13.5 Å². The maximum absolute atomic E-state index is 12.7. The second-order valence-corrected chi connectivity index (χ2v) is 7.54. The Morgan fingerprint density at radius 3 is 2.12 bits per heavy atom. The lowest BCUT2D eigenvalue weighted by molar-refractivity contribution is 0.474. The summed E-state index contributed by atoms with van der Waals surface area (Å²) >= 11 is 0. The summed E-state index contributed by atoms with van der Waals surface area (Å²) in [5, 5.41) is 18.4. The number of sulfonamides is 1. The van der Waals surface area contributed by atoms with E-state index in [1.807, 2.05) is 6.92 Å². The molecule has 6 heteroatoms. The number of hydrogen-bond donors (Lipinski definition) is 3. The molecule has 132 valence electrons. The monoisotopic (exact) mass is 366 g/mol. The van der Waals surface area contributed by atoms with E-state index in [0.717, 1.165) is 5.56 Å². The molecule has 0 aromatic heterocycles. The molecule has 3 rings (SSSR count). The summed E-state index contributed by atoms with van der Waals surface area (Å²) in [7, 11) is -3.79. The molecule has 0 aliphatic heterocycles. The molecule has 3 aromatic rings. The molecule has 5 nitrogen and oxygen atoms in total. The summed E-state index contributed by atoms with van der Waals surface area (Å²) in [6.45, 7) is 1.88. The third kappa shape index (κ3) is 3.60. The van der Waals surface area contributed by atoms with Crippen molar-refractivity contribution >= 4 is 21.4 Å². The van der Waals surface area contributed by atoms with Gasteiger partial charge in [-0.2, -0.15) is 0 Å². The Morgan fingerprint density at radius 1 is 0.885 bits per heavy atom. The molecular formula is C20H18N2O3S. The first-order valence-corrected chi connectivity index (χ1v) is 9.42. The first-order valence-electron chi connectivity index (χ1n) is 7.94. The third-order valence-electron chi connectivity index (χ3n) is 3.95. The Labute approximate surface area is 152 Å². The maximum atomic E-state index is 12.7. The van der Waals surface area contributed by atoms with Crippen LogP contribution in [0.15, 0.2) is 77.7 Å². The van der Waals surface area contributed by atoms with Crippen molar-refractivity contribution < 1.29 is 13.5 Å². The van der Waals surface area contributed by atoms with Gasteiger partial charge >= 0.3 is 0 Å². The van der Waals surface area contributed by atoms with E-state index in [2.05, 4.69) is 4.72 Å². The van der Waals surface area contributed by atoms with Gasteiger partial charge < -0.3 is 5.11 Å². The van der Waals surface area contributed by atoms with Crippen LogP contribution in [-0.2, 0) is 10.0 Å². The van der Waals surface area contributed by atoms with Gasteiger partial charge in [-0.3, -0.25) is 10.1 Å². The molecule has 0 saturated heterocycles. The summed E-state index contributed by atoms with van der Waals surface area (Å²) < 4.78 is 27.9. The minimum Gasteiger partial charge on any atom is -0.507 e. The van der Waals surface area contributed by atoms with Gasteiger partial charge in [-0.15, -0.1) is 0 Å². The van der Waals surface area contributed by atoms with Gasteiger partial charge in [0.15, 0.2) is 0 Å². The Morgan fingerprint density at radius 2 is 1.46 bits per heavy atom. The van der Waals surface area contributed by atoms with E-state index in [1.165, 1.54) is 18.2 Å². The molecule has 0 aliphatic carbocycles. The molecule has 0 bridgehead atoms. The molecule has 3 N–H and O–H groups in total. The molecule has 0 heterocycles. The van der Waals surface area contributed by atoms with Gasteiger partial charge in [0.1, 0.15) is 5.75 Å². The third-order valence-corrected chi connectivity index (χ3v) is 5.33. The molecule has 0 radical (unpaired) electrons. The van der Waals surface area contributed by atoms with Crippen LogP contribution in [0.25, 0.3) is 0 Å². The Bertz CT molecular complexity index is 1060. The Balaban J connectivity index is 1.99. The van der Waals surface area contributed by atoms with Crippen LogP contribution in [0.3, 0.4) is 0 Å². The van der Waals surface area contributed by atoms with Gasteiger partial charge in [0.05, 0.1) is 16.3 Å². The molecule has 0 spiro atoms. The van der Waals surface area contributed by atoms with Gasteiger partial charge in [0.25, 0.3) is 10.0 Å². The summed E-state index contributed by atoms with van der Waals surface area (Å²) in [6.07, 6.45) is 0. The standard InChI is InChI=1S/C20H18N2O3S/c1-14-10-12-15(13-11-14)26(24,25)22-18-8-4-2-6-16(18)20(21)17-7-3-5-9-19(17)23/h2-13,21-23H,1H3. The van der Waals surface area contributed by atoms with Crippen LogP contribution in [0, 0.1) is 12.3 Å². The highest BCUT2D eigenvalue weighted by molar-refractivity contribution is 7.92. The van der Waals surface area contributed by atoms with Crippen LogP contribution in [0.4, 0.5) is 5.69 Å². The lowest BCUT2D eigenvalue weighted by Crippen LogP contribution is -2.16. The highest BCUT2D eigenvalue weighted by atomic mass is 32.2. The minimum absolute atomic E-state index is 0.0327. The van der Waals surface area contributed by atoms with Crippen LogP contribution in [0.5, 0.6) is 5.75 Å². The van der Waals surface area contributed by atoms with Crippen LogP contribution in [0.2, 0.25) is 0 Å². The van der Waals surface area contributed by atoms with E-state index in [0.29, 0.717) is 11.1 Å². The molecule has 0 atom stereocenters. The van der Waals surface area contributed by atoms with Gasteiger partial charge in [0.2, 0.25) is 0 Å². The SMILES string of the molecule is Cc1ccc(S(=O)(=O)Nc2ccccc2C(=N)c2ccccc2O)cc1. The van der Waals surface area contributed by atoms with Gasteiger partial charge in [-0.05, 0) is 37.3 Å². The quantitative estimate of drug-likeness (QED) is 0.598. The first kappa shape index (κ1) is 17.7. The van der Waals surface area contributed by atoms with E-state index in [-0.39, 0.29) is 22.0 Å². The highest BCUT2D eigenvalue weighted by Gasteiger charge is 2.18. The van der Waals surface area contributed by atoms with Crippen LogP contribution in [-0.4, -0.2) is 19.2 Å². The van der Waals surface area contributed by atoms with Gasteiger partial charge in [0, 0.05) is 11.1 Å². The number of hydrogen-bond acceptors (Lipinski definition) is 4. The average Bonchev–Trinajstić information content (AvgIpc) is 2.62. The van der Waals surface area contributed by atoms with Gasteiger partial charge in [-0.1, -0.05) is 48.0 Å². The number of aromatic hydroxyl groups is 1. The predicted molar refractivity (Wildman–Crippen MR) is 102 cm³/mol. The molecule has 26 heavy (non-hydrogen) atoms. The molecule has 0 amide bonds. The number of phenolic OH excluding ortho intramolecular Hbond substituents is 1. The summed E-state index contributed by atoms with van der Waals surface area (Å²) in [6, 6.07) is 19.6. The van der Waals surface area contributed by atoms with Crippen molar-refractivity contribution in [3.05, 3.63) is 89.5 Å². The van der Waals surface area contributed by atoms with Crippen molar-refractivity contribution in [2.24, 2.45) is 0 Å². The van der Waals surface area contributed by atoms with E-state index >= 15 is 0 Å². The number of para-hydroxylation sites is 2. The second-order valence-electron chi connectivity index (χ2n) is 5.86. The van der Waals surface area contributed by atoms with E-state index in [4.69, 9.17) is 5.41 Å². The average molecular weight is 366 g/mol.